The molecule has 16 heavy (non-hydrogen) atoms. The van der Waals surface area contributed by atoms with E-state index in [1.54, 1.807) is 6.20 Å². The highest BCUT2D eigenvalue weighted by atomic mass is 16.4. The molecule has 3 rings (SSSR count). The number of pyridine rings is 1. The molecule has 0 aromatic carbocycles. The van der Waals surface area contributed by atoms with Crippen molar-refractivity contribution in [3.8, 4) is 11.6 Å². The molecule has 5 heteroatoms. The minimum absolute atomic E-state index is 0.0139. The first-order chi connectivity index (χ1) is 7.78. The van der Waals surface area contributed by atoms with E-state index in [0.29, 0.717) is 11.8 Å². The Labute approximate surface area is 92.9 Å². The smallest absolute Gasteiger partial charge is 0.266 e. The topological polar surface area (TPSA) is 63.8 Å². The predicted molar refractivity (Wildman–Crippen MR) is 57.8 cm³/mol. The predicted octanol–water partition coefficient (Wildman–Crippen LogP) is 0.992. The Bertz CT molecular complexity index is 490. The van der Waals surface area contributed by atoms with E-state index < -0.39 is 0 Å². The van der Waals surface area contributed by atoms with Crippen LogP contribution in [0.5, 0.6) is 0 Å². The van der Waals surface area contributed by atoms with Gasteiger partial charge in [0.15, 0.2) is 0 Å². The number of hydrogen-bond acceptors (Lipinski definition) is 5. The fraction of sp³-hybridized carbons (Fsp3) is 0.364. The molecule has 0 spiro atoms. The first-order valence-corrected chi connectivity index (χ1v) is 5.24. The molecule has 1 fully saturated rings. The molecule has 0 radical (unpaired) electrons. The van der Waals surface area contributed by atoms with Gasteiger partial charge in [0.05, 0.1) is 5.41 Å². The van der Waals surface area contributed by atoms with Gasteiger partial charge in [0.25, 0.3) is 5.89 Å². The fourth-order valence-electron chi connectivity index (χ4n) is 1.71. The second kappa shape index (κ2) is 3.38. The van der Waals surface area contributed by atoms with Gasteiger partial charge in [0.2, 0.25) is 5.89 Å². The van der Waals surface area contributed by atoms with Crippen LogP contribution in [0.15, 0.2) is 28.8 Å². The van der Waals surface area contributed by atoms with Gasteiger partial charge in [-0.3, -0.25) is 4.98 Å². The van der Waals surface area contributed by atoms with Crippen LogP contribution in [-0.2, 0) is 5.41 Å². The molecule has 82 valence electrons. The number of nitrogens with one attached hydrogen (secondary N) is 1. The molecule has 5 nitrogen and oxygen atoms in total. The molecule has 2 aromatic heterocycles. The average molecular weight is 216 g/mol. The minimum Gasteiger partial charge on any atom is -0.419 e. The van der Waals surface area contributed by atoms with Crippen molar-refractivity contribution in [3.05, 3.63) is 30.3 Å². The SMILES string of the molecule is CC1(c2nnc(-c3ccccn3)o2)CNC1. The van der Waals surface area contributed by atoms with E-state index in [4.69, 9.17) is 4.42 Å². The number of aromatic nitrogens is 3. The Morgan fingerprint density at radius 2 is 2.19 bits per heavy atom. The summed E-state index contributed by atoms with van der Waals surface area (Å²) in [6, 6.07) is 5.62. The highest BCUT2D eigenvalue weighted by molar-refractivity contribution is 5.45. The lowest BCUT2D eigenvalue weighted by Crippen LogP contribution is -2.54. The first kappa shape index (κ1) is 9.47. The van der Waals surface area contributed by atoms with Crippen molar-refractivity contribution in [2.45, 2.75) is 12.3 Å². The zero-order chi connectivity index (χ0) is 11.0. The van der Waals surface area contributed by atoms with E-state index in [1.165, 1.54) is 0 Å². The van der Waals surface area contributed by atoms with Crippen molar-refractivity contribution in [2.75, 3.05) is 13.1 Å². The molecule has 1 aliphatic rings. The van der Waals surface area contributed by atoms with Gasteiger partial charge in [-0.15, -0.1) is 10.2 Å². The van der Waals surface area contributed by atoms with E-state index >= 15 is 0 Å². The molecule has 3 heterocycles. The van der Waals surface area contributed by atoms with Gasteiger partial charge in [-0.1, -0.05) is 6.07 Å². The van der Waals surface area contributed by atoms with Crippen LogP contribution in [0.4, 0.5) is 0 Å². The maximum absolute atomic E-state index is 5.65. The number of hydrogen-bond donors (Lipinski definition) is 1. The van der Waals surface area contributed by atoms with Gasteiger partial charge in [0, 0.05) is 19.3 Å². The summed E-state index contributed by atoms with van der Waals surface area (Å²) in [6.45, 7) is 3.88. The summed E-state index contributed by atoms with van der Waals surface area (Å²) in [5, 5.41) is 11.3. The van der Waals surface area contributed by atoms with Crippen molar-refractivity contribution < 1.29 is 4.42 Å². The fourth-order valence-corrected chi connectivity index (χ4v) is 1.71. The Morgan fingerprint density at radius 3 is 2.81 bits per heavy atom. The quantitative estimate of drug-likeness (QED) is 0.811. The summed E-state index contributed by atoms with van der Waals surface area (Å²) in [5.41, 5.74) is 0.706. The van der Waals surface area contributed by atoms with Crippen molar-refractivity contribution >= 4 is 0 Å². The lowest BCUT2D eigenvalue weighted by Gasteiger charge is -2.35. The highest BCUT2D eigenvalue weighted by Gasteiger charge is 2.39. The molecule has 0 atom stereocenters. The van der Waals surface area contributed by atoms with Crippen LogP contribution in [0.3, 0.4) is 0 Å². The Hall–Kier alpha value is -1.75. The minimum atomic E-state index is -0.0139. The van der Waals surface area contributed by atoms with Crippen molar-refractivity contribution in [1.82, 2.24) is 20.5 Å². The van der Waals surface area contributed by atoms with Gasteiger partial charge >= 0.3 is 0 Å². The molecular formula is C11H12N4O. The molecule has 0 unspecified atom stereocenters. The Kier molecular flexibility index (Phi) is 2.00. The van der Waals surface area contributed by atoms with Crippen LogP contribution in [0.2, 0.25) is 0 Å². The van der Waals surface area contributed by atoms with Crippen LogP contribution in [-0.4, -0.2) is 28.3 Å². The van der Waals surface area contributed by atoms with Crippen LogP contribution in [0.25, 0.3) is 11.6 Å². The van der Waals surface area contributed by atoms with Gasteiger partial charge in [-0.25, -0.2) is 0 Å². The first-order valence-electron chi connectivity index (χ1n) is 5.24. The zero-order valence-corrected chi connectivity index (χ0v) is 8.97. The molecule has 0 aliphatic carbocycles. The summed E-state index contributed by atoms with van der Waals surface area (Å²) in [6.07, 6.45) is 1.71. The normalized spacial score (nSPS) is 18.1. The van der Waals surface area contributed by atoms with Crippen LogP contribution in [0.1, 0.15) is 12.8 Å². The second-order valence-electron chi connectivity index (χ2n) is 4.29. The van der Waals surface area contributed by atoms with E-state index in [1.807, 2.05) is 18.2 Å². The summed E-state index contributed by atoms with van der Waals surface area (Å²) in [4.78, 5) is 4.18. The van der Waals surface area contributed by atoms with Crippen LogP contribution >= 0.6 is 0 Å². The van der Waals surface area contributed by atoms with Gasteiger partial charge in [0.1, 0.15) is 5.69 Å². The monoisotopic (exact) mass is 216 g/mol. The molecular weight excluding hydrogens is 204 g/mol. The van der Waals surface area contributed by atoms with E-state index in [2.05, 4.69) is 27.4 Å². The molecule has 1 N–H and O–H groups in total. The Morgan fingerprint density at radius 1 is 1.31 bits per heavy atom. The average Bonchev–Trinajstić information content (AvgIpc) is 2.77. The lowest BCUT2D eigenvalue weighted by molar-refractivity contribution is 0.244. The van der Waals surface area contributed by atoms with E-state index in [0.717, 1.165) is 18.8 Å². The summed E-state index contributed by atoms with van der Waals surface area (Å²) in [5.74, 6) is 1.18. The summed E-state index contributed by atoms with van der Waals surface area (Å²) in [7, 11) is 0. The maximum atomic E-state index is 5.65. The number of rotatable bonds is 2. The van der Waals surface area contributed by atoms with Crippen molar-refractivity contribution in [1.29, 1.82) is 0 Å². The summed E-state index contributed by atoms with van der Waals surface area (Å²) >= 11 is 0. The molecule has 0 saturated carbocycles. The van der Waals surface area contributed by atoms with Crippen molar-refractivity contribution in [3.63, 3.8) is 0 Å². The maximum Gasteiger partial charge on any atom is 0.266 e. The largest absolute Gasteiger partial charge is 0.419 e. The second-order valence-corrected chi connectivity index (χ2v) is 4.29. The van der Waals surface area contributed by atoms with Gasteiger partial charge in [-0.05, 0) is 19.1 Å². The highest BCUT2D eigenvalue weighted by Crippen LogP contribution is 2.28. The van der Waals surface area contributed by atoms with Crippen LogP contribution in [0, 0.1) is 0 Å². The standard InChI is InChI=1S/C11H12N4O/c1-11(6-12-7-11)10-15-14-9(16-10)8-4-2-3-5-13-8/h2-5,12H,6-7H2,1H3. The van der Waals surface area contributed by atoms with Gasteiger partial charge in [-0.2, -0.15) is 0 Å². The molecule has 0 amide bonds. The lowest BCUT2D eigenvalue weighted by atomic mass is 9.84. The van der Waals surface area contributed by atoms with E-state index in [9.17, 15) is 0 Å². The molecule has 0 bridgehead atoms. The number of nitrogens with zero attached hydrogens (tertiary/aromatic N) is 3. The Balaban J connectivity index is 1.94. The zero-order valence-electron chi connectivity index (χ0n) is 8.97. The van der Waals surface area contributed by atoms with Gasteiger partial charge < -0.3 is 9.73 Å². The third-order valence-corrected chi connectivity index (χ3v) is 2.86. The van der Waals surface area contributed by atoms with E-state index in [-0.39, 0.29) is 5.41 Å². The van der Waals surface area contributed by atoms with Crippen molar-refractivity contribution in [2.24, 2.45) is 0 Å². The molecule has 1 saturated heterocycles. The third kappa shape index (κ3) is 1.40. The third-order valence-electron chi connectivity index (χ3n) is 2.86. The molecule has 2 aromatic rings. The van der Waals surface area contributed by atoms with Crippen LogP contribution < -0.4 is 5.32 Å². The molecule has 1 aliphatic heterocycles. The summed E-state index contributed by atoms with van der Waals surface area (Å²) < 4.78 is 5.65.